The highest BCUT2D eigenvalue weighted by molar-refractivity contribution is 7.91. The van der Waals surface area contributed by atoms with E-state index in [1.54, 1.807) is 17.0 Å². The lowest BCUT2D eigenvalue weighted by molar-refractivity contribution is -0.118. The largest absolute Gasteiger partial charge is 0.497 e. The summed E-state index contributed by atoms with van der Waals surface area (Å²) in [5.74, 6) is 0.281. The number of hydrogen-bond donors (Lipinski definition) is 0. The number of benzene rings is 3. The number of hydrogen-bond acceptors (Lipinski definition) is 6. The SMILES string of the molecule is COc1ccc(S(=O)(=O)CCCC(=O)N(Cc2ccccc2)c2nc3c(C)c(Cl)ccc3s2)cc1. The van der Waals surface area contributed by atoms with E-state index in [0.717, 1.165) is 21.3 Å². The van der Waals surface area contributed by atoms with Crippen molar-refractivity contribution >= 4 is 54.0 Å². The van der Waals surface area contributed by atoms with Gasteiger partial charge in [-0.1, -0.05) is 53.3 Å². The normalized spacial score (nSPS) is 11.5. The molecule has 0 unspecified atom stereocenters. The van der Waals surface area contributed by atoms with Crippen molar-refractivity contribution in [2.24, 2.45) is 0 Å². The standard InChI is InChI=1S/C26H25ClN2O4S2/c1-18-22(27)14-15-23-25(18)28-26(34-23)29(17-19-7-4-3-5-8-19)24(30)9-6-16-35(31,32)21-12-10-20(33-2)11-13-21/h3-5,7-8,10-15H,6,9,16-17H2,1-2H3. The summed E-state index contributed by atoms with van der Waals surface area (Å²) in [5, 5.41) is 1.19. The molecule has 182 valence electrons. The molecule has 6 nitrogen and oxygen atoms in total. The third-order valence-electron chi connectivity index (χ3n) is 5.67. The van der Waals surface area contributed by atoms with Gasteiger partial charge in [-0.05, 0) is 60.9 Å². The quantitative estimate of drug-likeness (QED) is 0.264. The highest BCUT2D eigenvalue weighted by Gasteiger charge is 2.22. The van der Waals surface area contributed by atoms with Crippen molar-refractivity contribution in [2.45, 2.75) is 31.2 Å². The van der Waals surface area contributed by atoms with Gasteiger partial charge in [0.25, 0.3) is 0 Å². The number of ether oxygens (including phenoxy) is 1. The lowest BCUT2D eigenvalue weighted by atomic mass is 10.2. The van der Waals surface area contributed by atoms with Gasteiger partial charge in [-0.25, -0.2) is 13.4 Å². The Kier molecular flexibility index (Phi) is 7.74. The smallest absolute Gasteiger partial charge is 0.229 e. The third kappa shape index (κ3) is 5.83. The van der Waals surface area contributed by atoms with Gasteiger partial charge in [0.1, 0.15) is 5.75 Å². The van der Waals surface area contributed by atoms with Crippen molar-refractivity contribution in [3.63, 3.8) is 0 Å². The predicted octanol–water partition coefficient (Wildman–Crippen LogP) is 6.05. The fraction of sp³-hybridized carbons (Fsp3) is 0.231. The highest BCUT2D eigenvalue weighted by Crippen LogP contribution is 2.34. The molecule has 1 amide bonds. The first-order valence-corrected chi connectivity index (χ1v) is 13.9. The minimum atomic E-state index is -3.52. The van der Waals surface area contributed by atoms with Crippen LogP contribution in [0.4, 0.5) is 5.13 Å². The van der Waals surface area contributed by atoms with Crippen LogP contribution in [0.25, 0.3) is 10.2 Å². The van der Waals surface area contributed by atoms with Gasteiger partial charge in [-0.15, -0.1) is 0 Å². The molecule has 0 saturated carbocycles. The number of carbonyl (C=O) groups is 1. The van der Waals surface area contributed by atoms with Gasteiger partial charge in [0.2, 0.25) is 5.91 Å². The molecule has 0 N–H and O–H groups in total. The van der Waals surface area contributed by atoms with Crippen LogP contribution in [0.2, 0.25) is 5.02 Å². The zero-order valence-corrected chi connectivity index (χ0v) is 21.8. The van der Waals surface area contributed by atoms with E-state index in [1.807, 2.05) is 49.4 Å². The first-order valence-electron chi connectivity index (χ1n) is 11.1. The van der Waals surface area contributed by atoms with E-state index in [0.29, 0.717) is 22.4 Å². The van der Waals surface area contributed by atoms with E-state index in [9.17, 15) is 13.2 Å². The summed E-state index contributed by atoms with van der Waals surface area (Å²) >= 11 is 7.69. The van der Waals surface area contributed by atoms with Gasteiger partial charge < -0.3 is 4.74 Å². The molecular weight excluding hydrogens is 504 g/mol. The average molecular weight is 529 g/mol. The van der Waals surface area contributed by atoms with Gasteiger partial charge in [0, 0.05) is 11.4 Å². The van der Waals surface area contributed by atoms with Crippen molar-refractivity contribution in [2.75, 3.05) is 17.8 Å². The number of anilines is 1. The summed E-state index contributed by atoms with van der Waals surface area (Å²) in [6.45, 7) is 2.25. The van der Waals surface area contributed by atoms with Gasteiger partial charge in [0.05, 0.1) is 34.5 Å². The number of halogens is 1. The van der Waals surface area contributed by atoms with Crippen molar-refractivity contribution in [3.05, 3.63) is 82.9 Å². The van der Waals surface area contributed by atoms with Crippen molar-refractivity contribution in [3.8, 4) is 5.75 Å². The molecule has 1 heterocycles. The molecule has 1 aromatic heterocycles. The molecule has 3 aromatic carbocycles. The van der Waals surface area contributed by atoms with Crippen LogP contribution in [0, 0.1) is 6.92 Å². The van der Waals surface area contributed by atoms with Crippen LogP contribution in [0.15, 0.2) is 71.6 Å². The van der Waals surface area contributed by atoms with Crippen molar-refractivity contribution in [1.82, 2.24) is 4.98 Å². The minimum absolute atomic E-state index is 0.0812. The summed E-state index contributed by atoms with van der Waals surface area (Å²) in [6.07, 6.45) is 0.284. The van der Waals surface area contributed by atoms with Crippen LogP contribution in [0.5, 0.6) is 5.75 Å². The molecule has 9 heteroatoms. The molecular formula is C26H25ClN2O4S2. The Bertz CT molecular complexity index is 1440. The number of methoxy groups -OCH3 is 1. The fourth-order valence-electron chi connectivity index (χ4n) is 3.68. The molecule has 0 aliphatic rings. The summed E-state index contributed by atoms with van der Waals surface area (Å²) < 4.78 is 31.5. The maximum Gasteiger partial charge on any atom is 0.229 e. The second kappa shape index (κ2) is 10.8. The Morgan fingerprint density at radius 2 is 1.77 bits per heavy atom. The molecule has 0 atom stereocenters. The maximum atomic E-state index is 13.3. The lowest BCUT2D eigenvalue weighted by Crippen LogP contribution is -2.30. The van der Waals surface area contributed by atoms with Crippen LogP contribution >= 0.6 is 22.9 Å². The molecule has 0 saturated heterocycles. The Hall–Kier alpha value is -2.94. The Labute approximate surface area is 214 Å². The molecule has 4 aromatic rings. The molecule has 4 rings (SSSR count). The second-order valence-corrected chi connectivity index (χ2v) is 11.6. The molecule has 0 bridgehead atoms. The van der Waals surface area contributed by atoms with E-state index >= 15 is 0 Å². The minimum Gasteiger partial charge on any atom is -0.497 e. The van der Waals surface area contributed by atoms with Crippen LogP contribution in [-0.4, -0.2) is 32.2 Å². The Balaban J connectivity index is 1.53. The number of aromatic nitrogens is 1. The van der Waals surface area contributed by atoms with Gasteiger partial charge in [-0.3, -0.25) is 9.69 Å². The van der Waals surface area contributed by atoms with E-state index in [-0.39, 0.29) is 29.4 Å². The van der Waals surface area contributed by atoms with Gasteiger partial charge in [-0.2, -0.15) is 0 Å². The van der Waals surface area contributed by atoms with Crippen LogP contribution in [-0.2, 0) is 21.2 Å². The zero-order chi connectivity index (χ0) is 25.0. The summed E-state index contributed by atoms with van der Waals surface area (Å²) in [7, 11) is -1.99. The topological polar surface area (TPSA) is 76.6 Å². The van der Waals surface area contributed by atoms with E-state index < -0.39 is 9.84 Å². The average Bonchev–Trinajstić information content (AvgIpc) is 3.30. The molecule has 0 fully saturated rings. The molecule has 0 aliphatic carbocycles. The lowest BCUT2D eigenvalue weighted by Gasteiger charge is -2.20. The van der Waals surface area contributed by atoms with E-state index in [4.69, 9.17) is 21.3 Å². The van der Waals surface area contributed by atoms with E-state index in [2.05, 4.69) is 0 Å². The monoisotopic (exact) mass is 528 g/mol. The number of nitrogens with zero attached hydrogens (tertiary/aromatic N) is 2. The third-order valence-corrected chi connectivity index (χ3v) is 8.94. The summed E-state index contributed by atoms with van der Waals surface area (Å²) in [5.41, 5.74) is 2.59. The number of thiazole rings is 1. The first kappa shape index (κ1) is 25.2. The number of sulfone groups is 1. The number of aryl methyl sites for hydroxylation is 1. The van der Waals surface area contributed by atoms with Gasteiger partial charge >= 0.3 is 0 Å². The number of amides is 1. The Morgan fingerprint density at radius 1 is 1.06 bits per heavy atom. The Morgan fingerprint density at radius 3 is 2.46 bits per heavy atom. The van der Waals surface area contributed by atoms with E-state index in [1.165, 1.54) is 30.6 Å². The zero-order valence-electron chi connectivity index (χ0n) is 19.4. The first-order chi connectivity index (χ1) is 16.8. The second-order valence-electron chi connectivity index (χ2n) is 8.08. The fourth-order valence-corrected chi connectivity index (χ4v) is 6.19. The van der Waals surface area contributed by atoms with Crippen molar-refractivity contribution in [1.29, 1.82) is 0 Å². The summed E-state index contributed by atoms with van der Waals surface area (Å²) in [6, 6.07) is 19.6. The number of fused-ring (bicyclic) bond motifs is 1. The molecule has 0 spiro atoms. The molecule has 35 heavy (non-hydrogen) atoms. The maximum absolute atomic E-state index is 13.3. The summed E-state index contributed by atoms with van der Waals surface area (Å²) in [4.78, 5) is 19.9. The highest BCUT2D eigenvalue weighted by atomic mass is 35.5. The molecule has 0 radical (unpaired) electrons. The molecule has 0 aliphatic heterocycles. The van der Waals surface area contributed by atoms with Crippen LogP contribution in [0.3, 0.4) is 0 Å². The van der Waals surface area contributed by atoms with Crippen molar-refractivity contribution < 1.29 is 17.9 Å². The predicted molar refractivity (Wildman–Crippen MR) is 141 cm³/mol. The number of rotatable bonds is 9. The van der Waals surface area contributed by atoms with Crippen LogP contribution < -0.4 is 9.64 Å². The van der Waals surface area contributed by atoms with Crippen LogP contribution in [0.1, 0.15) is 24.0 Å². The van der Waals surface area contributed by atoms with Gasteiger partial charge in [0.15, 0.2) is 15.0 Å². The number of carbonyl (C=O) groups excluding carboxylic acids is 1.